The molecule has 16 heavy (non-hydrogen) atoms. The molecule has 1 saturated heterocycles. The van der Waals surface area contributed by atoms with Crippen LogP contribution in [0.15, 0.2) is 30.3 Å². The molecule has 82 valence electrons. The summed E-state index contributed by atoms with van der Waals surface area (Å²) in [4.78, 5) is 12.1. The van der Waals surface area contributed by atoms with Crippen molar-refractivity contribution in [2.75, 3.05) is 6.61 Å². The molecule has 3 fully saturated rings. The lowest BCUT2D eigenvalue weighted by Crippen LogP contribution is -2.20. The lowest BCUT2D eigenvalue weighted by molar-refractivity contribution is -0.124. The van der Waals surface area contributed by atoms with Gasteiger partial charge in [0.05, 0.1) is 18.6 Å². The van der Waals surface area contributed by atoms with Crippen LogP contribution in [0.1, 0.15) is 18.1 Å². The average Bonchev–Trinajstić information content (AvgIpc) is 2.92. The van der Waals surface area contributed by atoms with Crippen LogP contribution in [0, 0.1) is 23.7 Å². The van der Waals surface area contributed by atoms with Gasteiger partial charge in [-0.25, -0.2) is 0 Å². The molecule has 5 atom stereocenters. The minimum Gasteiger partial charge on any atom is -0.372 e. The molecule has 1 heterocycles. The minimum atomic E-state index is 0.0338. The van der Waals surface area contributed by atoms with Crippen LogP contribution in [0.3, 0.4) is 0 Å². The fraction of sp³-hybridized carbons (Fsp3) is 0.500. The van der Waals surface area contributed by atoms with Crippen molar-refractivity contribution in [1.29, 1.82) is 0 Å². The van der Waals surface area contributed by atoms with E-state index in [2.05, 4.69) is 12.1 Å². The molecular weight excluding hydrogens is 200 g/mol. The number of ketones is 1. The van der Waals surface area contributed by atoms with E-state index in [0.29, 0.717) is 23.5 Å². The second kappa shape index (κ2) is 2.95. The number of Topliss-reactive ketones (excluding diaryl/α,β-unsaturated/α-hetero) is 1. The van der Waals surface area contributed by atoms with Crippen molar-refractivity contribution < 1.29 is 9.53 Å². The Labute approximate surface area is 94.6 Å². The molecular formula is C14H14O2. The Bertz CT molecular complexity index is 439. The minimum absolute atomic E-state index is 0.0338. The molecule has 0 aromatic heterocycles. The molecule has 1 aromatic rings. The van der Waals surface area contributed by atoms with Gasteiger partial charge in [-0.2, -0.15) is 0 Å². The highest BCUT2D eigenvalue weighted by atomic mass is 16.5. The Morgan fingerprint density at radius 3 is 2.75 bits per heavy atom. The highest BCUT2D eigenvalue weighted by Gasteiger charge is 2.64. The van der Waals surface area contributed by atoms with E-state index in [1.54, 1.807) is 0 Å². The van der Waals surface area contributed by atoms with Crippen LogP contribution in [0.5, 0.6) is 0 Å². The van der Waals surface area contributed by atoms with Crippen molar-refractivity contribution in [3.8, 4) is 0 Å². The predicted octanol–water partition coefficient (Wildman–Crippen LogP) is 2.21. The first-order chi connectivity index (χ1) is 7.86. The Balaban J connectivity index is 1.70. The van der Waals surface area contributed by atoms with E-state index in [0.717, 1.165) is 13.0 Å². The molecule has 0 spiro atoms. The van der Waals surface area contributed by atoms with Crippen molar-refractivity contribution in [2.45, 2.75) is 12.5 Å². The Hall–Kier alpha value is -1.15. The first-order valence-electron chi connectivity index (χ1n) is 6.06. The maximum Gasteiger partial charge on any atom is 0.142 e. The molecule has 1 aromatic carbocycles. The van der Waals surface area contributed by atoms with Crippen molar-refractivity contribution in [3.63, 3.8) is 0 Å². The fourth-order valence-electron chi connectivity index (χ4n) is 3.61. The summed E-state index contributed by atoms with van der Waals surface area (Å²) in [6.07, 6.45) is 1.16. The molecule has 3 aliphatic rings. The first kappa shape index (κ1) is 8.94. The molecule has 2 nitrogen and oxygen atoms in total. The van der Waals surface area contributed by atoms with E-state index in [9.17, 15) is 4.79 Å². The van der Waals surface area contributed by atoms with Crippen LogP contribution in [-0.2, 0) is 9.53 Å². The van der Waals surface area contributed by atoms with E-state index >= 15 is 0 Å². The SMILES string of the molecule is O=C1C2C(c3ccccc3)OC[C@@H]2C2C[C@@H]12. The summed E-state index contributed by atoms with van der Waals surface area (Å²) in [5.74, 6) is 2.20. The van der Waals surface area contributed by atoms with Crippen LogP contribution >= 0.6 is 0 Å². The topological polar surface area (TPSA) is 26.3 Å². The highest BCUT2D eigenvalue weighted by molar-refractivity contribution is 5.90. The van der Waals surface area contributed by atoms with Crippen molar-refractivity contribution in [2.24, 2.45) is 23.7 Å². The molecule has 0 radical (unpaired) electrons. The average molecular weight is 214 g/mol. The van der Waals surface area contributed by atoms with Crippen molar-refractivity contribution in [1.82, 2.24) is 0 Å². The zero-order valence-electron chi connectivity index (χ0n) is 9.00. The molecule has 0 amide bonds. The number of carbonyl (C=O) groups is 1. The van der Waals surface area contributed by atoms with Gasteiger partial charge in [-0.15, -0.1) is 0 Å². The first-order valence-corrected chi connectivity index (χ1v) is 6.06. The summed E-state index contributed by atoms with van der Waals surface area (Å²) in [6, 6.07) is 10.2. The molecule has 4 rings (SSSR count). The molecule has 3 unspecified atom stereocenters. The molecule has 2 aliphatic carbocycles. The van der Waals surface area contributed by atoms with Gasteiger partial charge in [0.15, 0.2) is 0 Å². The largest absolute Gasteiger partial charge is 0.372 e. The summed E-state index contributed by atoms with van der Waals surface area (Å²) in [5.41, 5.74) is 1.17. The van der Waals surface area contributed by atoms with Gasteiger partial charge in [-0.05, 0) is 23.8 Å². The van der Waals surface area contributed by atoms with Crippen LogP contribution in [0.2, 0.25) is 0 Å². The van der Waals surface area contributed by atoms with Gasteiger partial charge in [0.25, 0.3) is 0 Å². The van der Waals surface area contributed by atoms with Crippen molar-refractivity contribution in [3.05, 3.63) is 35.9 Å². The van der Waals surface area contributed by atoms with Crippen LogP contribution in [-0.4, -0.2) is 12.4 Å². The summed E-state index contributed by atoms with van der Waals surface area (Å²) < 4.78 is 5.85. The Morgan fingerprint density at radius 2 is 1.94 bits per heavy atom. The van der Waals surface area contributed by atoms with Gasteiger partial charge in [0.2, 0.25) is 0 Å². The zero-order chi connectivity index (χ0) is 10.7. The Morgan fingerprint density at radius 1 is 1.12 bits per heavy atom. The van der Waals surface area contributed by atoms with Gasteiger partial charge in [0.1, 0.15) is 5.78 Å². The number of carbonyl (C=O) groups excluding carboxylic acids is 1. The van der Waals surface area contributed by atoms with E-state index in [1.807, 2.05) is 18.2 Å². The van der Waals surface area contributed by atoms with E-state index in [4.69, 9.17) is 4.74 Å². The lowest BCUT2D eigenvalue weighted by Gasteiger charge is -2.17. The molecule has 0 bridgehead atoms. The second-order valence-electron chi connectivity index (χ2n) is 5.26. The second-order valence-corrected chi connectivity index (χ2v) is 5.26. The van der Waals surface area contributed by atoms with Gasteiger partial charge in [-0.3, -0.25) is 4.79 Å². The van der Waals surface area contributed by atoms with Gasteiger partial charge in [0, 0.05) is 5.92 Å². The number of rotatable bonds is 1. The summed E-state index contributed by atoms with van der Waals surface area (Å²) in [7, 11) is 0. The van der Waals surface area contributed by atoms with Crippen LogP contribution < -0.4 is 0 Å². The third kappa shape index (κ3) is 1.03. The molecule has 0 N–H and O–H groups in total. The Kier molecular flexibility index (Phi) is 1.65. The standard InChI is InChI=1S/C14H14O2/c15-13-10-6-9(10)11-7-16-14(12(11)13)8-4-2-1-3-5-8/h1-5,9-12,14H,6-7H2/t9?,10-,11-,12?,14?/m1/s1. The number of hydrogen-bond donors (Lipinski definition) is 0. The zero-order valence-corrected chi connectivity index (χ0v) is 9.00. The molecule has 2 heteroatoms. The molecule has 2 saturated carbocycles. The van der Waals surface area contributed by atoms with Gasteiger partial charge < -0.3 is 4.74 Å². The highest BCUT2D eigenvalue weighted by Crippen LogP contribution is 2.61. The lowest BCUT2D eigenvalue weighted by atomic mass is 9.86. The van der Waals surface area contributed by atoms with Gasteiger partial charge in [-0.1, -0.05) is 30.3 Å². The van der Waals surface area contributed by atoms with E-state index < -0.39 is 0 Å². The molecule has 1 aliphatic heterocycles. The normalized spacial score (nSPS) is 44.2. The van der Waals surface area contributed by atoms with Gasteiger partial charge >= 0.3 is 0 Å². The van der Waals surface area contributed by atoms with Crippen molar-refractivity contribution >= 4 is 5.78 Å². The summed E-state index contributed by atoms with van der Waals surface area (Å²) in [5, 5.41) is 0. The van der Waals surface area contributed by atoms with E-state index in [-0.39, 0.29) is 12.0 Å². The fourth-order valence-corrected chi connectivity index (χ4v) is 3.61. The third-order valence-electron chi connectivity index (χ3n) is 4.47. The monoisotopic (exact) mass is 214 g/mol. The van der Waals surface area contributed by atoms with Crippen LogP contribution in [0.4, 0.5) is 0 Å². The predicted molar refractivity (Wildman–Crippen MR) is 58.7 cm³/mol. The number of ether oxygens (including phenoxy) is 1. The number of benzene rings is 1. The maximum atomic E-state index is 12.1. The van der Waals surface area contributed by atoms with Crippen LogP contribution in [0.25, 0.3) is 0 Å². The summed E-state index contributed by atoms with van der Waals surface area (Å²) in [6.45, 7) is 0.789. The summed E-state index contributed by atoms with van der Waals surface area (Å²) >= 11 is 0. The smallest absolute Gasteiger partial charge is 0.142 e. The number of hydrogen-bond acceptors (Lipinski definition) is 2. The quantitative estimate of drug-likeness (QED) is 0.716. The third-order valence-corrected chi connectivity index (χ3v) is 4.47. The maximum absolute atomic E-state index is 12.1. The number of fused-ring (bicyclic) bond motifs is 3. The van der Waals surface area contributed by atoms with E-state index in [1.165, 1.54) is 5.56 Å².